The van der Waals surface area contributed by atoms with Crippen LogP contribution in [0.1, 0.15) is 0 Å². The van der Waals surface area contributed by atoms with Crippen LogP contribution in [0.5, 0.6) is 0 Å². The van der Waals surface area contributed by atoms with Crippen molar-refractivity contribution in [3.8, 4) is 17.2 Å². The third kappa shape index (κ3) is 2.38. The molecule has 0 fully saturated rings. The van der Waals surface area contributed by atoms with Crippen LogP contribution in [-0.4, -0.2) is 14.5 Å². The first kappa shape index (κ1) is 17.3. The maximum atomic E-state index is 6.21. The standard InChI is InChI=1S/C28H17N3O/c1-2-10-18(11-3-1)26-25-21-14-6-9-17-24(21)32-27(25)30-28(29-26)31-22-15-7-4-12-19(22)20-13-5-8-16-23(20)31/h1-17H. The second-order valence-electron chi connectivity index (χ2n) is 7.89. The summed E-state index contributed by atoms with van der Waals surface area (Å²) < 4.78 is 8.34. The molecular weight excluding hydrogens is 394 g/mol. The van der Waals surface area contributed by atoms with Crippen molar-refractivity contribution in [2.45, 2.75) is 0 Å². The number of hydrogen-bond donors (Lipinski definition) is 0. The van der Waals surface area contributed by atoms with Gasteiger partial charge in [0.2, 0.25) is 11.7 Å². The lowest BCUT2D eigenvalue weighted by atomic mass is 10.1. The zero-order valence-corrected chi connectivity index (χ0v) is 17.1. The van der Waals surface area contributed by atoms with Crippen molar-refractivity contribution < 1.29 is 4.42 Å². The average molecular weight is 411 g/mol. The predicted octanol–water partition coefficient (Wildman–Crippen LogP) is 7.14. The molecule has 0 aliphatic rings. The molecule has 0 saturated heterocycles. The van der Waals surface area contributed by atoms with Gasteiger partial charge in [0.25, 0.3) is 0 Å². The Bertz CT molecular complexity index is 1720. The van der Waals surface area contributed by atoms with Crippen LogP contribution in [0.3, 0.4) is 0 Å². The highest BCUT2D eigenvalue weighted by Crippen LogP contribution is 2.37. The highest BCUT2D eigenvalue weighted by molar-refractivity contribution is 6.11. The second kappa shape index (κ2) is 6.53. The third-order valence-corrected chi connectivity index (χ3v) is 6.05. The lowest BCUT2D eigenvalue weighted by molar-refractivity contribution is 0.651. The van der Waals surface area contributed by atoms with E-state index in [1.807, 2.05) is 36.4 Å². The van der Waals surface area contributed by atoms with Gasteiger partial charge in [-0.05, 0) is 18.2 Å². The average Bonchev–Trinajstić information content (AvgIpc) is 3.40. The number of nitrogens with zero attached hydrogens (tertiary/aromatic N) is 3. The molecule has 7 aromatic rings. The number of fused-ring (bicyclic) bond motifs is 6. The summed E-state index contributed by atoms with van der Waals surface area (Å²) in [6, 6.07) is 35.1. The van der Waals surface area contributed by atoms with Gasteiger partial charge in [0.15, 0.2) is 0 Å². The summed E-state index contributed by atoms with van der Waals surface area (Å²) in [7, 11) is 0. The van der Waals surface area contributed by atoms with E-state index >= 15 is 0 Å². The van der Waals surface area contributed by atoms with Gasteiger partial charge in [-0.3, -0.25) is 4.57 Å². The monoisotopic (exact) mass is 411 g/mol. The van der Waals surface area contributed by atoms with Crippen LogP contribution in [0.15, 0.2) is 108 Å². The van der Waals surface area contributed by atoms with Crippen molar-refractivity contribution in [1.82, 2.24) is 14.5 Å². The summed E-state index contributed by atoms with van der Waals surface area (Å²) in [6.07, 6.45) is 0. The predicted molar refractivity (Wildman–Crippen MR) is 129 cm³/mol. The molecule has 0 spiro atoms. The van der Waals surface area contributed by atoms with Gasteiger partial charge < -0.3 is 4.42 Å². The molecule has 3 aromatic heterocycles. The quantitative estimate of drug-likeness (QED) is 0.304. The van der Waals surface area contributed by atoms with Gasteiger partial charge in [0, 0.05) is 21.7 Å². The minimum absolute atomic E-state index is 0.594. The van der Waals surface area contributed by atoms with Crippen LogP contribution in [0.2, 0.25) is 0 Å². The smallest absolute Gasteiger partial charge is 0.238 e. The van der Waals surface area contributed by atoms with E-state index in [0.717, 1.165) is 38.6 Å². The molecule has 0 bridgehead atoms. The van der Waals surface area contributed by atoms with Gasteiger partial charge in [-0.25, -0.2) is 4.98 Å². The fraction of sp³-hybridized carbons (Fsp3) is 0. The van der Waals surface area contributed by atoms with E-state index in [4.69, 9.17) is 14.4 Å². The Balaban J connectivity index is 1.65. The molecule has 0 saturated carbocycles. The molecule has 0 amide bonds. The minimum atomic E-state index is 0.594. The van der Waals surface area contributed by atoms with Gasteiger partial charge in [-0.1, -0.05) is 84.9 Å². The maximum Gasteiger partial charge on any atom is 0.238 e. The van der Waals surface area contributed by atoms with Crippen LogP contribution in [0.4, 0.5) is 0 Å². The summed E-state index contributed by atoms with van der Waals surface area (Å²) in [5, 5.41) is 4.32. The number of furan rings is 1. The Hall–Kier alpha value is -4.44. The SMILES string of the molecule is c1ccc(-c2nc(-n3c4ccccc4c4ccccc43)nc3oc4ccccc4c23)cc1. The molecule has 0 N–H and O–H groups in total. The van der Waals surface area contributed by atoms with Gasteiger partial charge in [0.1, 0.15) is 5.58 Å². The minimum Gasteiger partial charge on any atom is -0.437 e. The summed E-state index contributed by atoms with van der Waals surface area (Å²) >= 11 is 0. The fourth-order valence-corrected chi connectivity index (χ4v) is 4.65. The molecule has 4 nitrogen and oxygen atoms in total. The molecule has 4 heteroatoms. The Morgan fingerprint density at radius 3 is 1.88 bits per heavy atom. The first-order valence-corrected chi connectivity index (χ1v) is 10.6. The Morgan fingerprint density at radius 2 is 1.16 bits per heavy atom. The summed E-state index contributed by atoms with van der Waals surface area (Å²) in [4.78, 5) is 10.1. The van der Waals surface area contributed by atoms with E-state index in [1.54, 1.807) is 0 Å². The molecule has 3 heterocycles. The number of hydrogen-bond acceptors (Lipinski definition) is 3. The molecular formula is C28H17N3O. The highest BCUT2D eigenvalue weighted by atomic mass is 16.3. The van der Waals surface area contributed by atoms with E-state index in [9.17, 15) is 0 Å². The van der Waals surface area contributed by atoms with Crippen molar-refractivity contribution in [2.75, 3.05) is 0 Å². The van der Waals surface area contributed by atoms with Crippen LogP contribution >= 0.6 is 0 Å². The number of rotatable bonds is 2. The number of benzene rings is 4. The molecule has 0 atom stereocenters. The van der Waals surface area contributed by atoms with Crippen LogP contribution in [0, 0.1) is 0 Å². The largest absolute Gasteiger partial charge is 0.437 e. The molecule has 32 heavy (non-hydrogen) atoms. The van der Waals surface area contributed by atoms with Crippen LogP contribution in [0.25, 0.3) is 61.1 Å². The van der Waals surface area contributed by atoms with Crippen molar-refractivity contribution in [1.29, 1.82) is 0 Å². The molecule has 0 aliphatic carbocycles. The molecule has 0 radical (unpaired) electrons. The molecule has 150 valence electrons. The Labute approximate surface area is 183 Å². The van der Waals surface area contributed by atoms with E-state index in [-0.39, 0.29) is 0 Å². The number of aromatic nitrogens is 3. The summed E-state index contributed by atoms with van der Waals surface area (Å²) in [6.45, 7) is 0. The van der Waals surface area contributed by atoms with E-state index in [2.05, 4.69) is 71.3 Å². The van der Waals surface area contributed by atoms with Crippen LogP contribution in [-0.2, 0) is 0 Å². The first-order chi connectivity index (χ1) is 15.9. The zero-order chi connectivity index (χ0) is 21.1. The van der Waals surface area contributed by atoms with Crippen molar-refractivity contribution in [3.63, 3.8) is 0 Å². The van der Waals surface area contributed by atoms with E-state index in [1.165, 1.54) is 10.8 Å². The second-order valence-corrected chi connectivity index (χ2v) is 7.89. The van der Waals surface area contributed by atoms with Gasteiger partial charge in [-0.15, -0.1) is 0 Å². The summed E-state index contributed by atoms with van der Waals surface area (Å²) in [5.74, 6) is 0.604. The zero-order valence-electron chi connectivity index (χ0n) is 17.1. The van der Waals surface area contributed by atoms with Gasteiger partial charge in [-0.2, -0.15) is 4.98 Å². The van der Waals surface area contributed by atoms with Gasteiger partial charge in [0.05, 0.1) is 22.1 Å². The van der Waals surface area contributed by atoms with Crippen molar-refractivity contribution in [2.24, 2.45) is 0 Å². The number of para-hydroxylation sites is 3. The first-order valence-electron chi connectivity index (χ1n) is 10.6. The summed E-state index contributed by atoms with van der Waals surface area (Å²) in [5.41, 5.74) is 5.46. The highest BCUT2D eigenvalue weighted by Gasteiger charge is 2.20. The fourth-order valence-electron chi connectivity index (χ4n) is 4.65. The normalized spacial score (nSPS) is 11.8. The van der Waals surface area contributed by atoms with Crippen molar-refractivity contribution >= 4 is 43.9 Å². The van der Waals surface area contributed by atoms with E-state index < -0.39 is 0 Å². The van der Waals surface area contributed by atoms with Crippen LogP contribution < -0.4 is 0 Å². The van der Waals surface area contributed by atoms with Crippen molar-refractivity contribution in [3.05, 3.63) is 103 Å². The molecule has 0 unspecified atom stereocenters. The lowest BCUT2D eigenvalue weighted by Gasteiger charge is -2.09. The third-order valence-electron chi connectivity index (χ3n) is 6.05. The van der Waals surface area contributed by atoms with E-state index in [0.29, 0.717) is 11.7 Å². The Kier molecular flexibility index (Phi) is 3.52. The lowest BCUT2D eigenvalue weighted by Crippen LogP contribution is -2.02. The Morgan fingerprint density at radius 1 is 0.562 bits per heavy atom. The maximum absolute atomic E-state index is 6.21. The molecule has 0 aliphatic heterocycles. The topological polar surface area (TPSA) is 43.9 Å². The van der Waals surface area contributed by atoms with Gasteiger partial charge >= 0.3 is 0 Å². The molecule has 7 rings (SSSR count). The molecule has 4 aromatic carbocycles.